The van der Waals surface area contributed by atoms with Crippen LogP contribution in [-0.4, -0.2) is 45.5 Å². The molecule has 0 aliphatic carbocycles. The molecular formula is C18H27N3O3. The number of hydrogen-bond donors (Lipinski definition) is 2. The van der Waals surface area contributed by atoms with Crippen molar-refractivity contribution in [3.63, 3.8) is 0 Å². The minimum Gasteiger partial charge on any atom is -0.496 e. The first kappa shape index (κ1) is 16.9. The second-order valence-corrected chi connectivity index (χ2v) is 6.35. The highest BCUT2D eigenvalue weighted by atomic mass is 16.5. The lowest BCUT2D eigenvalue weighted by atomic mass is 10.1. The molecular weight excluding hydrogens is 306 g/mol. The highest BCUT2D eigenvalue weighted by molar-refractivity contribution is 5.79. The first-order valence-electron chi connectivity index (χ1n) is 8.62. The Morgan fingerprint density at radius 1 is 1.38 bits per heavy atom. The van der Waals surface area contributed by atoms with Crippen molar-refractivity contribution in [1.82, 2.24) is 10.6 Å². The third kappa shape index (κ3) is 3.93. The maximum absolute atomic E-state index is 5.85. The fourth-order valence-electron chi connectivity index (χ4n) is 3.23. The Morgan fingerprint density at radius 3 is 2.96 bits per heavy atom. The van der Waals surface area contributed by atoms with Crippen LogP contribution in [0.5, 0.6) is 11.5 Å². The van der Waals surface area contributed by atoms with E-state index in [4.69, 9.17) is 14.2 Å². The van der Waals surface area contributed by atoms with Gasteiger partial charge in [0.2, 0.25) is 0 Å². The third-order valence-corrected chi connectivity index (χ3v) is 4.49. The molecule has 0 saturated carbocycles. The molecule has 1 aromatic rings. The van der Waals surface area contributed by atoms with Crippen molar-refractivity contribution in [3.8, 4) is 11.5 Å². The fraction of sp³-hybridized carbons (Fsp3) is 0.611. The number of methoxy groups -OCH3 is 1. The molecule has 24 heavy (non-hydrogen) atoms. The van der Waals surface area contributed by atoms with Crippen LogP contribution in [0, 0.1) is 0 Å². The Balaban J connectivity index is 1.59. The highest BCUT2D eigenvalue weighted by Crippen LogP contribution is 2.34. The molecule has 132 valence electrons. The minimum absolute atomic E-state index is 0.230. The van der Waals surface area contributed by atoms with E-state index in [-0.39, 0.29) is 12.2 Å². The van der Waals surface area contributed by atoms with Gasteiger partial charge in [-0.15, -0.1) is 0 Å². The van der Waals surface area contributed by atoms with Crippen LogP contribution in [0.15, 0.2) is 17.1 Å². The van der Waals surface area contributed by atoms with Crippen LogP contribution in [0.3, 0.4) is 0 Å². The summed E-state index contributed by atoms with van der Waals surface area (Å²) in [6.45, 7) is 4.35. The quantitative estimate of drug-likeness (QED) is 0.636. The van der Waals surface area contributed by atoms with E-state index in [0.717, 1.165) is 55.4 Å². The summed E-state index contributed by atoms with van der Waals surface area (Å²) in [4.78, 5) is 4.27. The molecule has 2 heterocycles. The summed E-state index contributed by atoms with van der Waals surface area (Å²) in [6, 6.07) is 4.15. The van der Waals surface area contributed by atoms with Gasteiger partial charge >= 0.3 is 0 Å². The molecule has 0 bridgehead atoms. The molecule has 0 spiro atoms. The van der Waals surface area contributed by atoms with Gasteiger partial charge in [0.1, 0.15) is 17.6 Å². The van der Waals surface area contributed by atoms with Gasteiger partial charge in [0.25, 0.3) is 0 Å². The summed E-state index contributed by atoms with van der Waals surface area (Å²) < 4.78 is 17.0. The molecule has 3 rings (SSSR count). The Morgan fingerprint density at radius 2 is 2.25 bits per heavy atom. The van der Waals surface area contributed by atoms with Gasteiger partial charge in [-0.2, -0.15) is 0 Å². The fourth-order valence-corrected chi connectivity index (χ4v) is 3.23. The molecule has 1 saturated heterocycles. The number of hydrogen-bond acceptors (Lipinski definition) is 4. The highest BCUT2D eigenvalue weighted by Gasteiger charge is 2.22. The molecule has 6 heteroatoms. The van der Waals surface area contributed by atoms with Crippen LogP contribution in [-0.2, 0) is 17.7 Å². The summed E-state index contributed by atoms with van der Waals surface area (Å²) in [6.07, 6.45) is 3.70. The maximum Gasteiger partial charge on any atom is 0.191 e. The van der Waals surface area contributed by atoms with E-state index >= 15 is 0 Å². The summed E-state index contributed by atoms with van der Waals surface area (Å²) >= 11 is 0. The topological polar surface area (TPSA) is 64.1 Å². The first-order chi connectivity index (χ1) is 11.7. The van der Waals surface area contributed by atoms with Crippen LogP contribution in [0.25, 0.3) is 0 Å². The molecule has 0 radical (unpaired) electrons. The molecule has 1 aromatic carbocycles. The monoisotopic (exact) mass is 333 g/mol. The first-order valence-corrected chi connectivity index (χ1v) is 8.62. The average molecular weight is 333 g/mol. The molecule has 0 amide bonds. The molecule has 2 unspecified atom stereocenters. The second kappa shape index (κ2) is 7.75. The van der Waals surface area contributed by atoms with Gasteiger partial charge in [0, 0.05) is 44.3 Å². The Kier molecular flexibility index (Phi) is 5.45. The average Bonchev–Trinajstić information content (AvgIpc) is 3.22. The van der Waals surface area contributed by atoms with Gasteiger partial charge in [-0.1, -0.05) is 0 Å². The minimum atomic E-state index is 0.230. The Labute approximate surface area is 143 Å². The summed E-state index contributed by atoms with van der Waals surface area (Å²) in [7, 11) is 3.48. The largest absolute Gasteiger partial charge is 0.496 e. The normalized spacial score (nSPS) is 22.9. The maximum atomic E-state index is 5.85. The van der Waals surface area contributed by atoms with Crippen molar-refractivity contribution in [2.24, 2.45) is 4.99 Å². The zero-order valence-electron chi connectivity index (χ0n) is 14.7. The molecule has 2 aliphatic rings. The predicted octanol–water partition coefficient (Wildman–Crippen LogP) is 1.86. The third-order valence-electron chi connectivity index (χ3n) is 4.49. The molecule has 0 aromatic heterocycles. The van der Waals surface area contributed by atoms with Crippen molar-refractivity contribution in [1.29, 1.82) is 0 Å². The standard InChI is InChI=1S/C18H27N3O3/c1-12-7-13-8-16(22-3)14(9-17(13)24-12)10-20-18(19-2)21-11-15-5-4-6-23-15/h8-9,12,15H,4-7,10-11H2,1-3H3,(H2,19,20,21). The summed E-state index contributed by atoms with van der Waals surface area (Å²) in [5, 5.41) is 6.65. The lowest BCUT2D eigenvalue weighted by Crippen LogP contribution is -2.40. The van der Waals surface area contributed by atoms with E-state index in [0.29, 0.717) is 6.54 Å². The van der Waals surface area contributed by atoms with Crippen molar-refractivity contribution in [2.75, 3.05) is 27.3 Å². The van der Waals surface area contributed by atoms with Crippen molar-refractivity contribution < 1.29 is 14.2 Å². The number of ether oxygens (including phenoxy) is 3. The van der Waals surface area contributed by atoms with Gasteiger partial charge in [-0.3, -0.25) is 4.99 Å². The van der Waals surface area contributed by atoms with E-state index in [1.165, 1.54) is 5.56 Å². The zero-order valence-corrected chi connectivity index (χ0v) is 14.7. The number of aliphatic imine (C=N–C) groups is 1. The van der Waals surface area contributed by atoms with E-state index in [2.05, 4.69) is 34.7 Å². The molecule has 2 N–H and O–H groups in total. The second-order valence-electron chi connectivity index (χ2n) is 6.35. The van der Waals surface area contributed by atoms with Crippen molar-refractivity contribution in [3.05, 3.63) is 23.3 Å². The Hall–Kier alpha value is -1.95. The van der Waals surface area contributed by atoms with E-state index in [9.17, 15) is 0 Å². The number of fused-ring (bicyclic) bond motifs is 1. The lowest BCUT2D eigenvalue weighted by Gasteiger charge is -2.16. The predicted molar refractivity (Wildman–Crippen MR) is 94.0 cm³/mol. The van der Waals surface area contributed by atoms with Crippen LogP contribution >= 0.6 is 0 Å². The lowest BCUT2D eigenvalue weighted by molar-refractivity contribution is 0.114. The van der Waals surface area contributed by atoms with Crippen LogP contribution in [0.2, 0.25) is 0 Å². The number of guanidine groups is 1. The molecule has 2 atom stereocenters. The molecule has 6 nitrogen and oxygen atoms in total. The van der Waals surface area contributed by atoms with Crippen molar-refractivity contribution >= 4 is 5.96 Å². The van der Waals surface area contributed by atoms with Crippen LogP contribution in [0.4, 0.5) is 0 Å². The molecule has 2 aliphatic heterocycles. The van der Waals surface area contributed by atoms with Crippen molar-refractivity contribution in [2.45, 2.75) is 44.9 Å². The Bertz CT molecular complexity index is 597. The molecule has 1 fully saturated rings. The van der Waals surface area contributed by atoms with Gasteiger partial charge in [-0.25, -0.2) is 0 Å². The summed E-state index contributed by atoms with van der Waals surface area (Å²) in [5.74, 6) is 2.61. The SMILES string of the molecule is CN=C(NCc1cc2c(cc1OC)CC(C)O2)NCC1CCCO1. The zero-order chi connectivity index (χ0) is 16.9. The number of benzene rings is 1. The van der Waals surface area contributed by atoms with Gasteiger partial charge in [0.15, 0.2) is 5.96 Å². The van der Waals surface area contributed by atoms with E-state index in [1.807, 2.05) is 0 Å². The smallest absolute Gasteiger partial charge is 0.191 e. The van der Waals surface area contributed by atoms with Gasteiger partial charge < -0.3 is 24.8 Å². The van der Waals surface area contributed by atoms with E-state index < -0.39 is 0 Å². The number of rotatable bonds is 5. The van der Waals surface area contributed by atoms with Crippen LogP contribution < -0.4 is 20.1 Å². The van der Waals surface area contributed by atoms with Gasteiger partial charge in [-0.05, 0) is 31.9 Å². The van der Waals surface area contributed by atoms with Gasteiger partial charge in [0.05, 0.1) is 13.2 Å². The van der Waals surface area contributed by atoms with E-state index in [1.54, 1.807) is 14.2 Å². The number of nitrogens with one attached hydrogen (secondary N) is 2. The summed E-state index contributed by atoms with van der Waals surface area (Å²) in [5.41, 5.74) is 2.27. The number of nitrogens with zero attached hydrogens (tertiary/aromatic N) is 1. The van der Waals surface area contributed by atoms with Crippen LogP contribution in [0.1, 0.15) is 30.9 Å².